The fraction of sp³-hybridized carbons (Fsp3) is 0.0588. The number of rotatable bonds is 5. The average Bonchev–Trinajstić information content (AvgIpc) is 2.60. The number of nitrogens with zero attached hydrogens (tertiary/aromatic N) is 2. The topological polar surface area (TPSA) is 96.7 Å². The summed E-state index contributed by atoms with van der Waals surface area (Å²) in [6.07, 6.45) is 1.40. The van der Waals surface area contributed by atoms with E-state index in [-0.39, 0.29) is 10.3 Å². The molecular weight excluding hydrogens is 342 g/mol. The minimum absolute atomic E-state index is 0.156. The standard InChI is InChI=1S/C17H13N3O4S/c21-15(22)10-24-14-8-4-1-5-11(14)9-18-20-16(23)12-6-2-3-7-13(12)19-17(20)25/h1-9H,10H2,(H,19,25)(H,21,22)/b18-9-. The maximum absolute atomic E-state index is 12.5. The van der Waals surface area contributed by atoms with Crippen LogP contribution in [0.25, 0.3) is 10.9 Å². The lowest BCUT2D eigenvalue weighted by Crippen LogP contribution is -2.18. The molecule has 0 spiro atoms. The van der Waals surface area contributed by atoms with Crippen LogP contribution in [0.1, 0.15) is 5.56 Å². The molecule has 0 amide bonds. The number of hydrogen-bond donors (Lipinski definition) is 2. The summed E-state index contributed by atoms with van der Waals surface area (Å²) in [5.74, 6) is -0.739. The zero-order valence-electron chi connectivity index (χ0n) is 12.9. The van der Waals surface area contributed by atoms with Crippen molar-refractivity contribution in [3.05, 3.63) is 69.2 Å². The van der Waals surface area contributed by atoms with Gasteiger partial charge in [-0.3, -0.25) is 4.79 Å². The summed E-state index contributed by atoms with van der Waals surface area (Å²) >= 11 is 5.19. The molecule has 126 valence electrons. The minimum Gasteiger partial charge on any atom is -0.481 e. The third-order valence-corrected chi connectivity index (χ3v) is 3.64. The zero-order valence-corrected chi connectivity index (χ0v) is 13.7. The fourth-order valence-corrected chi connectivity index (χ4v) is 2.48. The first-order chi connectivity index (χ1) is 12.1. The van der Waals surface area contributed by atoms with Crippen LogP contribution in [0.5, 0.6) is 5.75 Å². The van der Waals surface area contributed by atoms with Crippen LogP contribution in [0.3, 0.4) is 0 Å². The molecular formula is C17H13N3O4S. The normalized spacial score (nSPS) is 11.0. The number of nitrogens with one attached hydrogen (secondary N) is 1. The number of carboxylic acids is 1. The Morgan fingerprint density at radius 3 is 2.76 bits per heavy atom. The van der Waals surface area contributed by atoms with Crippen LogP contribution >= 0.6 is 12.2 Å². The zero-order chi connectivity index (χ0) is 17.8. The Bertz CT molecular complexity index is 1080. The predicted octanol–water partition coefficient (Wildman–Crippen LogP) is 2.40. The maximum Gasteiger partial charge on any atom is 0.341 e. The number of fused-ring (bicyclic) bond motifs is 1. The Kier molecular flexibility index (Phi) is 4.71. The summed E-state index contributed by atoms with van der Waals surface area (Å²) in [6, 6.07) is 13.8. The molecule has 0 saturated heterocycles. The Labute approximate surface area is 146 Å². The van der Waals surface area contributed by atoms with Crippen molar-refractivity contribution in [3.8, 4) is 5.75 Å². The Morgan fingerprint density at radius 1 is 1.24 bits per heavy atom. The molecule has 0 saturated carbocycles. The molecule has 25 heavy (non-hydrogen) atoms. The van der Waals surface area contributed by atoms with Gasteiger partial charge in [0, 0.05) is 5.56 Å². The molecule has 2 aromatic carbocycles. The number of H-pyrrole nitrogens is 1. The van der Waals surface area contributed by atoms with Gasteiger partial charge >= 0.3 is 5.97 Å². The number of ether oxygens (including phenoxy) is 1. The summed E-state index contributed by atoms with van der Waals surface area (Å²) < 4.78 is 6.44. The van der Waals surface area contributed by atoms with E-state index < -0.39 is 12.6 Å². The van der Waals surface area contributed by atoms with Gasteiger partial charge in [-0.15, -0.1) is 0 Å². The molecule has 3 rings (SSSR count). The first-order valence-electron chi connectivity index (χ1n) is 7.28. The molecule has 0 fully saturated rings. The van der Waals surface area contributed by atoms with Gasteiger partial charge in [-0.1, -0.05) is 24.3 Å². The second-order valence-corrected chi connectivity index (χ2v) is 5.44. The lowest BCUT2D eigenvalue weighted by atomic mass is 10.2. The van der Waals surface area contributed by atoms with Crippen molar-refractivity contribution in [3.63, 3.8) is 0 Å². The third kappa shape index (κ3) is 3.64. The van der Waals surface area contributed by atoms with E-state index >= 15 is 0 Å². The highest BCUT2D eigenvalue weighted by atomic mass is 32.1. The van der Waals surface area contributed by atoms with Gasteiger partial charge in [0.25, 0.3) is 5.56 Å². The summed E-state index contributed by atoms with van der Waals surface area (Å²) in [5, 5.41) is 13.3. The van der Waals surface area contributed by atoms with Crippen LogP contribution in [0.15, 0.2) is 58.4 Å². The van der Waals surface area contributed by atoms with Crippen LogP contribution in [-0.4, -0.2) is 33.6 Å². The van der Waals surface area contributed by atoms with Crippen molar-refractivity contribution < 1.29 is 14.6 Å². The molecule has 2 N–H and O–H groups in total. The van der Waals surface area contributed by atoms with Crippen molar-refractivity contribution in [1.29, 1.82) is 0 Å². The van der Waals surface area contributed by atoms with E-state index in [9.17, 15) is 9.59 Å². The van der Waals surface area contributed by atoms with Gasteiger partial charge in [0.1, 0.15) is 5.75 Å². The van der Waals surface area contributed by atoms with Crippen molar-refractivity contribution in [2.45, 2.75) is 0 Å². The molecule has 0 aliphatic carbocycles. The van der Waals surface area contributed by atoms with Gasteiger partial charge in [-0.2, -0.15) is 9.78 Å². The highest BCUT2D eigenvalue weighted by Crippen LogP contribution is 2.16. The van der Waals surface area contributed by atoms with Crippen LogP contribution in [-0.2, 0) is 4.79 Å². The molecule has 7 nitrogen and oxygen atoms in total. The highest BCUT2D eigenvalue weighted by Gasteiger charge is 2.06. The predicted molar refractivity (Wildman–Crippen MR) is 96.0 cm³/mol. The number of benzene rings is 2. The molecule has 0 radical (unpaired) electrons. The largest absolute Gasteiger partial charge is 0.481 e. The monoisotopic (exact) mass is 355 g/mol. The van der Waals surface area contributed by atoms with Crippen LogP contribution in [0, 0.1) is 4.77 Å². The Balaban J connectivity index is 2.01. The lowest BCUT2D eigenvalue weighted by Gasteiger charge is -2.06. The second kappa shape index (κ2) is 7.10. The first-order valence-corrected chi connectivity index (χ1v) is 7.69. The van der Waals surface area contributed by atoms with Gasteiger partial charge < -0.3 is 14.8 Å². The second-order valence-electron chi connectivity index (χ2n) is 5.06. The Morgan fingerprint density at radius 2 is 1.96 bits per heavy atom. The van der Waals surface area contributed by atoms with E-state index in [1.807, 2.05) is 0 Å². The van der Waals surface area contributed by atoms with E-state index in [0.717, 1.165) is 4.68 Å². The summed E-state index contributed by atoms with van der Waals surface area (Å²) in [6.45, 7) is -0.471. The summed E-state index contributed by atoms with van der Waals surface area (Å²) in [5.41, 5.74) is 0.812. The van der Waals surface area contributed by atoms with Crippen molar-refractivity contribution in [2.24, 2.45) is 5.10 Å². The van der Waals surface area contributed by atoms with Crippen LogP contribution < -0.4 is 10.3 Å². The summed E-state index contributed by atoms with van der Waals surface area (Å²) in [4.78, 5) is 26.1. The number of carboxylic acid groups (broad SMARTS) is 1. The third-order valence-electron chi connectivity index (χ3n) is 3.37. The van der Waals surface area contributed by atoms with E-state index in [0.29, 0.717) is 22.2 Å². The van der Waals surface area contributed by atoms with Gasteiger partial charge in [-0.25, -0.2) is 4.79 Å². The lowest BCUT2D eigenvalue weighted by molar-refractivity contribution is -0.139. The summed E-state index contributed by atoms with van der Waals surface area (Å²) in [7, 11) is 0. The van der Waals surface area contributed by atoms with Crippen molar-refractivity contribution in [1.82, 2.24) is 9.66 Å². The van der Waals surface area contributed by atoms with Gasteiger partial charge in [0.2, 0.25) is 4.77 Å². The van der Waals surface area contributed by atoms with E-state index in [1.165, 1.54) is 6.21 Å². The quantitative estimate of drug-likeness (QED) is 0.541. The minimum atomic E-state index is -1.08. The molecule has 0 aliphatic heterocycles. The van der Waals surface area contributed by atoms with E-state index in [4.69, 9.17) is 22.1 Å². The number of aromatic amines is 1. The van der Waals surface area contributed by atoms with Crippen molar-refractivity contribution >= 4 is 35.3 Å². The average molecular weight is 355 g/mol. The van der Waals surface area contributed by atoms with E-state index in [1.54, 1.807) is 48.5 Å². The maximum atomic E-state index is 12.5. The molecule has 0 bridgehead atoms. The van der Waals surface area contributed by atoms with Gasteiger partial charge in [0.05, 0.1) is 17.1 Å². The van der Waals surface area contributed by atoms with Crippen LogP contribution in [0.2, 0.25) is 0 Å². The molecule has 0 atom stereocenters. The van der Waals surface area contributed by atoms with E-state index in [2.05, 4.69) is 10.1 Å². The molecule has 0 unspecified atom stereocenters. The SMILES string of the molecule is O=C(O)COc1ccccc1/C=N\n1c(=S)[nH]c2ccccc2c1=O. The van der Waals surface area contributed by atoms with Crippen molar-refractivity contribution in [2.75, 3.05) is 6.61 Å². The molecule has 0 aliphatic rings. The smallest absolute Gasteiger partial charge is 0.341 e. The number of carbonyl (C=O) groups is 1. The van der Waals surface area contributed by atoms with Crippen LogP contribution in [0.4, 0.5) is 0 Å². The molecule has 1 heterocycles. The Hall–Kier alpha value is -3.26. The number of para-hydroxylation sites is 2. The molecule has 1 aromatic heterocycles. The fourth-order valence-electron chi connectivity index (χ4n) is 2.24. The van der Waals surface area contributed by atoms with Gasteiger partial charge in [0.15, 0.2) is 6.61 Å². The first kappa shape index (κ1) is 16.6. The number of hydrogen-bond acceptors (Lipinski definition) is 5. The van der Waals surface area contributed by atoms with Gasteiger partial charge in [-0.05, 0) is 36.5 Å². The number of aliphatic carboxylic acids is 1. The number of aromatic nitrogens is 2. The molecule has 8 heteroatoms. The highest BCUT2D eigenvalue weighted by molar-refractivity contribution is 7.71. The molecule has 3 aromatic rings.